The van der Waals surface area contributed by atoms with Gasteiger partial charge in [-0.2, -0.15) is 5.10 Å². The van der Waals surface area contributed by atoms with Crippen molar-refractivity contribution in [3.63, 3.8) is 0 Å². The smallest absolute Gasteiger partial charge is 0.223 e. The maximum atomic E-state index is 12.3. The Bertz CT molecular complexity index is 778. The molecule has 25 heavy (non-hydrogen) atoms. The molecule has 2 aromatic heterocycles. The zero-order chi connectivity index (χ0) is 17.6. The van der Waals surface area contributed by atoms with Crippen molar-refractivity contribution >= 4 is 17.2 Å². The Morgan fingerprint density at radius 1 is 1.32 bits per heavy atom. The molecule has 1 aliphatic carbocycles. The number of hydrogen-bond donors (Lipinski definition) is 1. The van der Waals surface area contributed by atoms with Crippen LogP contribution in [0.3, 0.4) is 0 Å². The molecule has 1 aliphatic heterocycles. The molecule has 0 bridgehead atoms. The van der Waals surface area contributed by atoms with Gasteiger partial charge in [-0.15, -0.1) is 11.3 Å². The lowest BCUT2D eigenvalue weighted by Crippen LogP contribution is -2.29. The van der Waals surface area contributed by atoms with E-state index in [-0.39, 0.29) is 17.9 Å². The van der Waals surface area contributed by atoms with Crippen LogP contribution in [0.25, 0.3) is 0 Å². The fourth-order valence-electron chi connectivity index (χ4n) is 3.71. The molecule has 0 unspecified atom stereocenters. The van der Waals surface area contributed by atoms with Crippen LogP contribution in [0.2, 0.25) is 0 Å². The van der Waals surface area contributed by atoms with Crippen molar-refractivity contribution in [3.05, 3.63) is 33.5 Å². The highest BCUT2D eigenvalue weighted by Gasteiger charge is 2.39. The number of thiazole rings is 1. The third-order valence-corrected chi connectivity index (χ3v) is 6.65. The standard InChI is InChI=1S/C18H25N5OS/c1-11-15(10-21-23(11)3)17-13(6-16(24)22(17)2)7-19-8-14-9-20-18(25-14)12-4-5-12/h9-10,12-13,17,19H,4-8H2,1-3H3/t13-,17+/m0/s1. The summed E-state index contributed by atoms with van der Waals surface area (Å²) in [5, 5.41) is 9.20. The monoisotopic (exact) mass is 359 g/mol. The first kappa shape index (κ1) is 16.7. The Hall–Kier alpha value is -1.73. The fraction of sp³-hybridized carbons (Fsp3) is 0.611. The Morgan fingerprint density at radius 3 is 2.80 bits per heavy atom. The molecule has 0 aromatic carbocycles. The van der Waals surface area contributed by atoms with Crippen LogP contribution in [-0.4, -0.2) is 39.2 Å². The van der Waals surface area contributed by atoms with E-state index in [0.29, 0.717) is 6.42 Å². The lowest BCUT2D eigenvalue weighted by molar-refractivity contribution is -0.127. The van der Waals surface area contributed by atoms with E-state index in [1.807, 2.05) is 47.4 Å². The fourth-order valence-corrected chi connectivity index (χ4v) is 4.76. The number of hydrogen-bond acceptors (Lipinski definition) is 5. The predicted molar refractivity (Wildman–Crippen MR) is 97.4 cm³/mol. The molecule has 0 radical (unpaired) electrons. The molecule has 7 heteroatoms. The van der Waals surface area contributed by atoms with Crippen molar-refractivity contribution < 1.29 is 4.79 Å². The Kier molecular flexibility index (Phi) is 4.37. The minimum atomic E-state index is 0.109. The van der Waals surface area contributed by atoms with Crippen LogP contribution in [0.1, 0.15) is 52.4 Å². The number of rotatable bonds is 6. The number of nitrogens with one attached hydrogen (secondary N) is 1. The lowest BCUT2D eigenvalue weighted by Gasteiger charge is -2.25. The molecule has 1 amide bonds. The van der Waals surface area contributed by atoms with Crippen molar-refractivity contribution in [1.82, 2.24) is 25.0 Å². The highest BCUT2D eigenvalue weighted by molar-refractivity contribution is 7.11. The number of aromatic nitrogens is 3. The molecule has 134 valence electrons. The maximum absolute atomic E-state index is 12.3. The largest absolute Gasteiger partial charge is 0.338 e. The van der Waals surface area contributed by atoms with E-state index in [2.05, 4.69) is 22.3 Å². The van der Waals surface area contributed by atoms with Gasteiger partial charge in [0.1, 0.15) is 0 Å². The van der Waals surface area contributed by atoms with Crippen molar-refractivity contribution in [2.45, 2.75) is 44.7 Å². The first-order chi connectivity index (χ1) is 12.0. The summed E-state index contributed by atoms with van der Waals surface area (Å²) in [6.45, 7) is 3.73. The lowest BCUT2D eigenvalue weighted by atomic mass is 9.94. The summed E-state index contributed by atoms with van der Waals surface area (Å²) in [6, 6.07) is 0.109. The van der Waals surface area contributed by atoms with Gasteiger partial charge in [0.05, 0.1) is 17.2 Å². The topological polar surface area (TPSA) is 63.1 Å². The highest BCUT2D eigenvalue weighted by atomic mass is 32.1. The van der Waals surface area contributed by atoms with Crippen LogP contribution in [0.5, 0.6) is 0 Å². The van der Waals surface area contributed by atoms with E-state index >= 15 is 0 Å². The Morgan fingerprint density at radius 2 is 2.12 bits per heavy atom. The second kappa shape index (κ2) is 6.53. The van der Waals surface area contributed by atoms with Gasteiger partial charge in [0.25, 0.3) is 0 Å². The van der Waals surface area contributed by atoms with Gasteiger partial charge in [0.15, 0.2) is 0 Å². The zero-order valence-electron chi connectivity index (χ0n) is 15.0. The van der Waals surface area contributed by atoms with Crippen LogP contribution in [0.15, 0.2) is 12.4 Å². The first-order valence-electron chi connectivity index (χ1n) is 8.94. The van der Waals surface area contributed by atoms with E-state index in [1.165, 1.54) is 22.7 Å². The van der Waals surface area contributed by atoms with Crippen molar-refractivity contribution in [1.29, 1.82) is 0 Å². The summed E-state index contributed by atoms with van der Waals surface area (Å²) in [6.07, 6.45) is 7.10. The zero-order valence-corrected chi connectivity index (χ0v) is 15.8. The SMILES string of the molecule is Cc1c([C@H]2[C@H](CNCc3cnc(C4CC4)s3)CC(=O)N2C)cnn1C. The summed E-state index contributed by atoms with van der Waals surface area (Å²) < 4.78 is 1.88. The third-order valence-electron chi connectivity index (χ3n) is 5.49. The van der Waals surface area contributed by atoms with Gasteiger partial charge in [-0.25, -0.2) is 4.98 Å². The summed E-state index contributed by atoms with van der Waals surface area (Å²) in [7, 11) is 3.86. The molecule has 1 N–H and O–H groups in total. The molecular weight excluding hydrogens is 334 g/mol. The summed E-state index contributed by atoms with van der Waals surface area (Å²) in [5.74, 6) is 1.21. The Labute approximate surface area is 152 Å². The molecule has 0 spiro atoms. The van der Waals surface area contributed by atoms with E-state index in [4.69, 9.17) is 0 Å². The van der Waals surface area contributed by atoms with Gasteiger partial charge in [0.2, 0.25) is 5.91 Å². The highest BCUT2D eigenvalue weighted by Crippen LogP contribution is 2.42. The molecule has 2 atom stereocenters. The molecular formula is C18H25N5OS. The third kappa shape index (κ3) is 3.22. The van der Waals surface area contributed by atoms with Crippen LogP contribution in [0, 0.1) is 12.8 Å². The predicted octanol–water partition coefficient (Wildman–Crippen LogP) is 2.37. The molecule has 1 saturated heterocycles. The summed E-state index contributed by atoms with van der Waals surface area (Å²) >= 11 is 1.83. The van der Waals surface area contributed by atoms with Crippen molar-refractivity contribution in [2.24, 2.45) is 13.0 Å². The molecule has 6 nitrogen and oxygen atoms in total. The number of amides is 1. The van der Waals surface area contributed by atoms with Crippen LogP contribution >= 0.6 is 11.3 Å². The van der Waals surface area contributed by atoms with Gasteiger partial charge in [-0.1, -0.05) is 0 Å². The summed E-state index contributed by atoms with van der Waals surface area (Å²) in [4.78, 5) is 20.0. The van der Waals surface area contributed by atoms with Gasteiger partial charge < -0.3 is 10.2 Å². The van der Waals surface area contributed by atoms with E-state index < -0.39 is 0 Å². The van der Waals surface area contributed by atoms with E-state index in [9.17, 15) is 4.79 Å². The molecule has 3 heterocycles. The number of carbonyl (C=O) groups excluding carboxylic acids is 1. The van der Waals surface area contributed by atoms with Crippen LogP contribution in [-0.2, 0) is 18.4 Å². The number of aryl methyl sites for hydroxylation is 1. The van der Waals surface area contributed by atoms with Gasteiger partial charge in [0, 0.05) is 67.8 Å². The van der Waals surface area contributed by atoms with Crippen LogP contribution < -0.4 is 5.32 Å². The Balaban J connectivity index is 1.40. The first-order valence-corrected chi connectivity index (χ1v) is 9.75. The van der Waals surface area contributed by atoms with Gasteiger partial charge in [-0.05, 0) is 19.8 Å². The van der Waals surface area contributed by atoms with E-state index in [0.717, 1.165) is 30.3 Å². The average molecular weight is 359 g/mol. The second-order valence-electron chi connectivity index (χ2n) is 7.29. The molecule has 2 fully saturated rings. The van der Waals surface area contributed by atoms with Crippen molar-refractivity contribution in [3.8, 4) is 0 Å². The quantitative estimate of drug-likeness (QED) is 0.860. The van der Waals surface area contributed by atoms with Crippen LogP contribution in [0.4, 0.5) is 0 Å². The normalized spacial score (nSPS) is 23.6. The maximum Gasteiger partial charge on any atom is 0.223 e. The van der Waals surface area contributed by atoms with Gasteiger partial charge >= 0.3 is 0 Å². The molecule has 1 saturated carbocycles. The van der Waals surface area contributed by atoms with Crippen molar-refractivity contribution in [2.75, 3.05) is 13.6 Å². The van der Waals surface area contributed by atoms with Gasteiger partial charge in [-0.3, -0.25) is 9.48 Å². The molecule has 4 rings (SSSR count). The van der Waals surface area contributed by atoms with E-state index in [1.54, 1.807) is 0 Å². The minimum absolute atomic E-state index is 0.109. The average Bonchev–Trinajstić information content (AvgIpc) is 3.17. The number of carbonyl (C=O) groups is 1. The number of nitrogens with zero attached hydrogens (tertiary/aromatic N) is 4. The molecule has 2 aliphatic rings. The molecule has 2 aromatic rings. The second-order valence-corrected chi connectivity index (χ2v) is 8.44. The summed E-state index contributed by atoms with van der Waals surface area (Å²) in [5.41, 5.74) is 2.30. The minimum Gasteiger partial charge on any atom is -0.338 e. The number of likely N-dealkylation sites (tertiary alicyclic amines) is 1.